The van der Waals surface area contributed by atoms with Crippen molar-refractivity contribution in [3.63, 3.8) is 0 Å². The van der Waals surface area contributed by atoms with Gasteiger partial charge >= 0.3 is 0 Å². The molecular weight excluding hydrogens is 362 g/mol. The number of aromatic nitrogens is 3. The molecule has 146 valence electrons. The molecule has 3 aromatic rings. The standard InChI is InChI=1S/C23H23N5O/c1-3-15-11-21(29)28(17-8-4-5-9-17)22-18(15)12-24-23(26-22)25-20-10-6-7-16-13-27(2)14-19(16)20/h1,6-7,10-12,17H,4-5,8-9,13-14H2,2H3,(H,24,25,26). The molecule has 0 amide bonds. The second-order valence-electron chi connectivity index (χ2n) is 8.02. The number of hydrogen-bond acceptors (Lipinski definition) is 5. The van der Waals surface area contributed by atoms with Gasteiger partial charge in [0.2, 0.25) is 5.95 Å². The number of nitrogens with zero attached hydrogens (tertiary/aromatic N) is 4. The van der Waals surface area contributed by atoms with E-state index in [1.165, 1.54) is 17.2 Å². The van der Waals surface area contributed by atoms with Crippen LogP contribution in [0.25, 0.3) is 11.0 Å². The Balaban J connectivity index is 1.62. The number of terminal acetylenes is 1. The number of hydrogen-bond donors (Lipinski definition) is 1. The predicted octanol–water partition coefficient (Wildman–Crippen LogP) is 3.58. The molecule has 0 spiro atoms. The second-order valence-corrected chi connectivity index (χ2v) is 8.02. The van der Waals surface area contributed by atoms with E-state index in [4.69, 9.17) is 11.4 Å². The van der Waals surface area contributed by atoms with E-state index in [2.05, 4.69) is 34.2 Å². The molecule has 2 aromatic heterocycles. The van der Waals surface area contributed by atoms with Gasteiger partial charge in [0.25, 0.3) is 5.56 Å². The van der Waals surface area contributed by atoms with Gasteiger partial charge in [-0.3, -0.25) is 14.3 Å². The summed E-state index contributed by atoms with van der Waals surface area (Å²) in [6.07, 6.45) is 11.6. The lowest BCUT2D eigenvalue weighted by Crippen LogP contribution is -2.24. The Bertz CT molecular complexity index is 1200. The van der Waals surface area contributed by atoms with Crippen LogP contribution >= 0.6 is 0 Å². The smallest absolute Gasteiger partial charge is 0.253 e. The number of anilines is 2. The summed E-state index contributed by atoms with van der Waals surface area (Å²) in [5.74, 6) is 3.10. The highest BCUT2D eigenvalue weighted by molar-refractivity contribution is 5.82. The average molecular weight is 385 g/mol. The molecule has 6 nitrogen and oxygen atoms in total. The minimum absolute atomic E-state index is 0.0794. The molecule has 0 radical (unpaired) electrons. The molecule has 3 heterocycles. The van der Waals surface area contributed by atoms with Crippen molar-refractivity contribution in [3.05, 3.63) is 57.5 Å². The number of pyridine rings is 1. The quantitative estimate of drug-likeness (QED) is 0.699. The molecule has 29 heavy (non-hydrogen) atoms. The molecule has 2 aliphatic rings. The van der Waals surface area contributed by atoms with E-state index in [-0.39, 0.29) is 11.6 Å². The third-order valence-electron chi connectivity index (χ3n) is 6.03. The second kappa shape index (κ2) is 7.02. The normalized spacial score (nSPS) is 16.8. The maximum Gasteiger partial charge on any atom is 0.253 e. The summed E-state index contributed by atoms with van der Waals surface area (Å²) in [6.45, 7) is 1.83. The van der Waals surface area contributed by atoms with Crippen LogP contribution in [0.3, 0.4) is 0 Å². The summed E-state index contributed by atoms with van der Waals surface area (Å²) >= 11 is 0. The van der Waals surface area contributed by atoms with Gasteiger partial charge in [-0.05, 0) is 37.1 Å². The summed E-state index contributed by atoms with van der Waals surface area (Å²) in [5, 5.41) is 4.13. The minimum Gasteiger partial charge on any atom is -0.324 e. The maximum absolute atomic E-state index is 12.8. The zero-order chi connectivity index (χ0) is 20.0. The van der Waals surface area contributed by atoms with Crippen LogP contribution in [0, 0.1) is 12.3 Å². The van der Waals surface area contributed by atoms with E-state index < -0.39 is 0 Å². The van der Waals surface area contributed by atoms with Crippen molar-refractivity contribution in [3.8, 4) is 12.3 Å². The van der Waals surface area contributed by atoms with Gasteiger partial charge in [0, 0.05) is 42.6 Å². The van der Waals surface area contributed by atoms with Gasteiger partial charge < -0.3 is 5.32 Å². The lowest BCUT2D eigenvalue weighted by molar-refractivity contribution is 0.353. The molecular formula is C23H23N5O. The molecule has 0 bridgehead atoms. The zero-order valence-electron chi connectivity index (χ0n) is 16.5. The number of benzene rings is 1. The fourth-order valence-electron chi connectivity index (χ4n) is 4.64. The van der Waals surface area contributed by atoms with E-state index in [1.807, 2.05) is 16.7 Å². The molecule has 1 fully saturated rings. The van der Waals surface area contributed by atoms with Crippen LogP contribution in [0.15, 0.2) is 35.3 Å². The third-order valence-corrected chi connectivity index (χ3v) is 6.03. The third kappa shape index (κ3) is 3.08. The number of fused-ring (bicyclic) bond motifs is 2. The van der Waals surface area contributed by atoms with Crippen LogP contribution in [0.5, 0.6) is 0 Å². The average Bonchev–Trinajstić information content (AvgIpc) is 3.36. The highest BCUT2D eigenvalue weighted by Gasteiger charge is 2.23. The molecule has 1 saturated carbocycles. The number of rotatable bonds is 3. The largest absolute Gasteiger partial charge is 0.324 e. The molecule has 6 heteroatoms. The fourth-order valence-corrected chi connectivity index (χ4v) is 4.64. The SMILES string of the molecule is C#Cc1cc(=O)n(C2CCCC2)c2nc(Nc3cccc4c3CN(C)C4)ncc12. The Morgan fingerprint density at radius 2 is 2.07 bits per heavy atom. The van der Waals surface area contributed by atoms with Gasteiger partial charge in [0.1, 0.15) is 5.65 Å². The molecule has 5 rings (SSSR count). The van der Waals surface area contributed by atoms with E-state index >= 15 is 0 Å². The van der Waals surface area contributed by atoms with Crippen molar-refractivity contribution in [1.29, 1.82) is 0 Å². The monoisotopic (exact) mass is 385 g/mol. The first-order valence-electron chi connectivity index (χ1n) is 10.1. The first-order chi connectivity index (χ1) is 14.1. The lowest BCUT2D eigenvalue weighted by Gasteiger charge is -2.17. The van der Waals surface area contributed by atoms with E-state index in [0.29, 0.717) is 17.2 Å². The zero-order valence-corrected chi connectivity index (χ0v) is 16.5. The van der Waals surface area contributed by atoms with Crippen molar-refractivity contribution in [1.82, 2.24) is 19.4 Å². The summed E-state index contributed by atoms with van der Waals surface area (Å²) in [5.41, 5.74) is 4.69. The van der Waals surface area contributed by atoms with Crippen molar-refractivity contribution >= 4 is 22.7 Å². The van der Waals surface area contributed by atoms with Crippen LogP contribution in [0.4, 0.5) is 11.6 Å². The van der Waals surface area contributed by atoms with Crippen LogP contribution in [-0.2, 0) is 13.1 Å². The molecule has 1 aliphatic carbocycles. The summed E-state index contributed by atoms with van der Waals surface area (Å²) < 4.78 is 1.82. The first-order valence-corrected chi connectivity index (χ1v) is 10.1. The van der Waals surface area contributed by atoms with Gasteiger partial charge in [-0.2, -0.15) is 4.98 Å². The Labute approximate surface area is 169 Å². The predicted molar refractivity (Wildman–Crippen MR) is 114 cm³/mol. The summed E-state index contributed by atoms with van der Waals surface area (Å²) in [7, 11) is 2.11. The van der Waals surface area contributed by atoms with Gasteiger partial charge in [-0.1, -0.05) is 30.9 Å². The Morgan fingerprint density at radius 3 is 2.86 bits per heavy atom. The molecule has 0 atom stereocenters. The van der Waals surface area contributed by atoms with Gasteiger partial charge in [-0.15, -0.1) is 6.42 Å². The summed E-state index contributed by atoms with van der Waals surface area (Å²) in [6, 6.07) is 7.97. The van der Waals surface area contributed by atoms with Crippen molar-refractivity contribution in [2.45, 2.75) is 44.8 Å². The van der Waals surface area contributed by atoms with Crippen molar-refractivity contribution in [2.24, 2.45) is 0 Å². The van der Waals surface area contributed by atoms with Gasteiger partial charge in [0.15, 0.2) is 0 Å². The van der Waals surface area contributed by atoms with E-state index in [1.54, 1.807) is 6.20 Å². The van der Waals surface area contributed by atoms with Crippen LogP contribution in [0.1, 0.15) is 48.4 Å². The minimum atomic E-state index is -0.0794. The van der Waals surface area contributed by atoms with Crippen LogP contribution < -0.4 is 10.9 Å². The first kappa shape index (κ1) is 17.9. The molecule has 0 saturated heterocycles. The Hall–Kier alpha value is -3.17. The number of nitrogens with one attached hydrogen (secondary N) is 1. The van der Waals surface area contributed by atoms with Crippen LogP contribution in [0.2, 0.25) is 0 Å². The Morgan fingerprint density at radius 1 is 1.24 bits per heavy atom. The molecule has 1 aliphatic heterocycles. The van der Waals surface area contributed by atoms with E-state index in [9.17, 15) is 4.79 Å². The topological polar surface area (TPSA) is 63.1 Å². The molecule has 1 N–H and O–H groups in total. The van der Waals surface area contributed by atoms with Crippen molar-refractivity contribution < 1.29 is 0 Å². The maximum atomic E-state index is 12.8. The fraction of sp³-hybridized carbons (Fsp3) is 0.348. The van der Waals surface area contributed by atoms with Crippen LogP contribution in [-0.4, -0.2) is 26.5 Å². The van der Waals surface area contributed by atoms with Gasteiger partial charge in [0.05, 0.1) is 5.39 Å². The summed E-state index contributed by atoms with van der Waals surface area (Å²) in [4.78, 5) is 24.4. The van der Waals surface area contributed by atoms with Crippen molar-refractivity contribution in [2.75, 3.05) is 12.4 Å². The highest BCUT2D eigenvalue weighted by atomic mass is 16.1. The lowest BCUT2D eigenvalue weighted by atomic mass is 10.1. The highest BCUT2D eigenvalue weighted by Crippen LogP contribution is 2.32. The van der Waals surface area contributed by atoms with Gasteiger partial charge in [-0.25, -0.2) is 4.98 Å². The Kier molecular flexibility index (Phi) is 4.33. The molecule has 1 aromatic carbocycles. The van der Waals surface area contributed by atoms with E-state index in [0.717, 1.165) is 49.8 Å². The molecule has 0 unspecified atom stereocenters.